The van der Waals surface area contributed by atoms with Crippen LogP contribution in [-0.2, 0) is 9.59 Å². The normalized spacial score (nSPS) is 17.8. The van der Waals surface area contributed by atoms with Gasteiger partial charge in [0.15, 0.2) is 0 Å². The van der Waals surface area contributed by atoms with E-state index >= 15 is 0 Å². The molecule has 0 aliphatic carbocycles. The Kier molecular flexibility index (Phi) is 7.02. The zero-order valence-electron chi connectivity index (χ0n) is 14.9. The summed E-state index contributed by atoms with van der Waals surface area (Å²) < 4.78 is 0.955. The van der Waals surface area contributed by atoms with E-state index in [0.29, 0.717) is 19.5 Å². The molecular formula is C19H27BrN2O3. The average Bonchev–Trinajstić information content (AvgIpc) is 3.01. The Hall–Kier alpha value is -1.40. The number of hydrogen-bond acceptors (Lipinski definition) is 3. The third-order valence-corrected chi connectivity index (χ3v) is 5.94. The van der Waals surface area contributed by atoms with Crippen LogP contribution in [0.2, 0.25) is 0 Å². The first-order valence-electron chi connectivity index (χ1n) is 8.89. The van der Waals surface area contributed by atoms with Crippen LogP contribution in [0.25, 0.3) is 0 Å². The molecule has 1 aromatic carbocycles. The van der Waals surface area contributed by atoms with Crippen molar-refractivity contribution in [2.75, 3.05) is 24.6 Å². The summed E-state index contributed by atoms with van der Waals surface area (Å²) in [5.74, 6) is -0.413. The van der Waals surface area contributed by atoms with Crippen LogP contribution in [0.15, 0.2) is 28.7 Å². The SMILES string of the molecule is CCC(CC)(CCO)CNC(=O)[C@@H]1CC(=O)N(c2ccc(Br)cc2)C1. The number of hydrogen-bond donors (Lipinski definition) is 2. The lowest BCUT2D eigenvalue weighted by atomic mass is 9.79. The highest BCUT2D eigenvalue weighted by atomic mass is 79.9. The van der Waals surface area contributed by atoms with Gasteiger partial charge in [0.1, 0.15) is 0 Å². The topological polar surface area (TPSA) is 69.6 Å². The predicted octanol–water partition coefficient (Wildman–Crippen LogP) is 3.11. The molecule has 0 aromatic heterocycles. The van der Waals surface area contributed by atoms with Gasteiger partial charge in [-0.25, -0.2) is 0 Å². The summed E-state index contributed by atoms with van der Waals surface area (Å²) in [6.07, 6.45) is 2.72. The van der Waals surface area contributed by atoms with Gasteiger partial charge < -0.3 is 15.3 Å². The molecule has 1 heterocycles. The van der Waals surface area contributed by atoms with E-state index in [9.17, 15) is 14.7 Å². The van der Waals surface area contributed by atoms with E-state index < -0.39 is 0 Å². The highest BCUT2D eigenvalue weighted by Crippen LogP contribution is 2.30. The fraction of sp³-hybridized carbons (Fsp3) is 0.579. The van der Waals surface area contributed by atoms with Gasteiger partial charge in [0.05, 0.1) is 5.92 Å². The second-order valence-electron chi connectivity index (χ2n) is 6.78. The molecule has 1 atom stereocenters. The van der Waals surface area contributed by atoms with Crippen LogP contribution < -0.4 is 10.2 Å². The van der Waals surface area contributed by atoms with Gasteiger partial charge in [-0.15, -0.1) is 0 Å². The number of carbonyl (C=O) groups excluding carboxylic acids is 2. The molecule has 5 nitrogen and oxygen atoms in total. The Morgan fingerprint density at radius 3 is 2.52 bits per heavy atom. The van der Waals surface area contributed by atoms with Gasteiger partial charge >= 0.3 is 0 Å². The van der Waals surface area contributed by atoms with E-state index in [1.807, 2.05) is 24.3 Å². The molecule has 0 radical (unpaired) electrons. The zero-order chi connectivity index (χ0) is 18.4. The smallest absolute Gasteiger partial charge is 0.227 e. The van der Waals surface area contributed by atoms with Crippen molar-refractivity contribution in [2.24, 2.45) is 11.3 Å². The number of amides is 2. The molecule has 1 aromatic rings. The number of rotatable bonds is 8. The minimum absolute atomic E-state index is 0.0184. The quantitative estimate of drug-likeness (QED) is 0.691. The summed E-state index contributed by atoms with van der Waals surface area (Å²) in [6, 6.07) is 7.54. The maximum atomic E-state index is 12.5. The predicted molar refractivity (Wildman–Crippen MR) is 102 cm³/mol. The van der Waals surface area contributed by atoms with Gasteiger partial charge in [-0.05, 0) is 48.9 Å². The lowest BCUT2D eigenvalue weighted by Gasteiger charge is -2.31. The Bertz CT molecular complexity index is 599. The molecule has 0 saturated carbocycles. The molecular weight excluding hydrogens is 384 g/mol. The molecule has 1 aliphatic heterocycles. The fourth-order valence-corrected chi connectivity index (χ4v) is 3.62. The number of nitrogens with one attached hydrogen (secondary N) is 1. The number of aliphatic hydroxyl groups is 1. The van der Waals surface area contributed by atoms with Crippen molar-refractivity contribution in [3.63, 3.8) is 0 Å². The highest BCUT2D eigenvalue weighted by molar-refractivity contribution is 9.10. The van der Waals surface area contributed by atoms with Gasteiger partial charge in [0.2, 0.25) is 11.8 Å². The first-order valence-corrected chi connectivity index (χ1v) is 9.68. The second-order valence-corrected chi connectivity index (χ2v) is 7.70. The molecule has 1 saturated heterocycles. The van der Waals surface area contributed by atoms with Crippen LogP contribution in [0.5, 0.6) is 0 Å². The first kappa shape index (κ1) is 19.9. The third-order valence-electron chi connectivity index (χ3n) is 5.41. The largest absolute Gasteiger partial charge is 0.396 e. The molecule has 25 heavy (non-hydrogen) atoms. The van der Waals surface area contributed by atoms with Crippen molar-refractivity contribution in [2.45, 2.75) is 39.5 Å². The number of nitrogens with zero attached hydrogens (tertiary/aromatic N) is 1. The van der Waals surface area contributed by atoms with Gasteiger partial charge in [-0.1, -0.05) is 29.8 Å². The number of carbonyl (C=O) groups is 2. The van der Waals surface area contributed by atoms with Gasteiger partial charge in [0.25, 0.3) is 0 Å². The minimum Gasteiger partial charge on any atom is -0.396 e. The standard InChI is InChI=1S/C19H27BrN2O3/c1-3-19(4-2,9-10-23)13-21-18(25)14-11-17(24)22(12-14)16-7-5-15(20)6-8-16/h5-8,14,23H,3-4,9-13H2,1-2H3,(H,21,25)/t14-/m1/s1. The zero-order valence-corrected chi connectivity index (χ0v) is 16.5. The molecule has 2 amide bonds. The van der Waals surface area contributed by atoms with Crippen molar-refractivity contribution in [1.29, 1.82) is 0 Å². The van der Waals surface area contributed by atoms with Crippen molar-refractivity contribution >= 4 is 33.4 Å². The van der Waals surface area contributed by atoms with Crippen LogP contribution in [0.1, 0.15) is 39.5 Å². The molecule has 0 bridgehead atoms. The van der Waals surface area contributed by atoms with E-state index in [4.69, 9.17) is 0 Å². The summed E-state index contributed by atoms with van der Waals surface area (Å²) in [6.45, 7) is 5.25. The van der Waals surface area contributed by atoms with Crippen LogP contribution in [0, 0.1) is 11.3 Å². The Labute approximate surface area is 157 Å². The number of halogens is 1. The lowest BCUT2D eigenvalue weighted by Crippen LogP contribution is -2.41. The Morgan fingerprint density at radius 1 is 1.32 bits per heavy atom. The summed E-state index contributed by atoms with van der Waals surface area (Å²) in [5, 5.41) is 12.3. The van der Waals surface area contributed by atoms with Gasteiger partial charge in [-0.2, -0.15) is 0 Å². The first-order chi connectivity index (χ1) is 11.9. The van der Waals surface area contributed by atoms with E-state index in [-0.39, 0.29) is 36.2 Å². The monoisotopic (exact) mass is 410 g/mol. The maximum absolute atomic E-state index is 12.5. The summed E-state index contributed by atoms with van der Waals surface area (Å²) in [7, 11) is 0. The van der Waals surface area contributed by atoms with Crippen LogP contribution in [-0.4, -0.2) is 36.6 Å². The minimum atomic E-state index is -0.323. The van der Waals surface area contributed by atoms with Crippen LogP contribution >= 0.6 is 15.9 Å². The molecule has 6 heteroatoms. The highest BCUT2D eigenvalue weighted by Gasteiger charge is 2.36. The molecule has 0 unspecified atom stereocenters. The van der Waals surface area contributed by atoms with E-state index in [1.54, 1.807) is 4.90 Å². The van der Waals surface area contributed by atoms with Crippen molar-refractivity contribution in [1.82, 2.24) is 5.32 Å². The second kappa shape index (κ2) is 8.81. The molecule has 1 aliphatic rings. The Balaban J connectivity index is 1.97. The maximum Gasteiger partial charge on any atom is 0.227 e. The van der Waals surface area contributed by atoms with Crippen LogP contribution in [0.3, 0.4) is 0 Å². The number of benzene rings is 1. The van der Waals surface area contributed by atoms with Gasteiger partial charge in [0, 0.05) is 36.3 Å². The Morgan fingerprint density at radius 2 is 1.96 bits per heavy atom. The van der Waals surface area contributed by atoms with Gasteiger partial charge in [-0.3, -0.25) is 9.59 Å². The molecule has 138 valence electrons. The third kappa shape index (κ3) is 4.82. The fourth-order valence-electron chi connectivity index (χ4n) is 3.35. The summed E-state index contributed by atoms with van der Waals surface area (Å²) >= 11 is 3.38. The summed E-state index contributed by atoms with van der Waals surface area (Å²) in [5.41, 5.74) is 0.749. The molecule has 2 rings (SSSR count). The number of anilines is 1. The van der Waals surface area contributed by atoms with Crippen LogP contribution in [0.4, 0.5) is 5.69 Å². The van der Waals surface area contributed by atoms with Crippen molar-refractivity contribution in [3.05, 3.63) is 28.7 Å². The molecule has 2 N–H and O–H groups in total. The van der Waals surface area contributed by atoms with E-state index in [0.717, 1.165) is 23.0 Å². The average molecular weight is 411 g/mol. The van der Waals surface area contributed by atoms with E-state index in [2.05, 4.69) is 35.1 Å². The summed E-state index contributed by atoms with van der Waals surface area (Å²) in [4.78, 5) is 26.5. The lowest BCUT2D eigenvalue weighted by molar-refractivity contribution is -0.126. The number of aliphatic hydroxyl groups excluding tert-OH is 1. The molecule has 0 spiro atoms. The van der Waals surface area contributed by atoms with Crippen molar-refractivity contribution < 1.29 is 14.7 Å². The van der Waals surface area contributed by atoms with Crippen molar-refractivity contribution in [3.8, 4) is 0 Å². The van der Waals surface area contributed by atoms with E-state index in [1.165, 1.54) is 0 Å². The molecule has 1 fully saturated rings.